The summed E-state index contributed by atoms with van der Waals surface area (Å²) in [5.41, 5.74) is 2.64. The van der Waals surface area contributed by atoms with Crippen molar-refractivity contribution in [1.82, 2.24) is 4.90 Å². The van der Waals surface area contributed by atoms with Crippen molar-refractivity contribution >= 4 is 45.0 Å². The highest BCUT2D eigenvalue weighted by Crippen LogP contribution is 2.30. The number of halogens is 1. The Morgan fingerprint density at radius 2 is 1.86 bits per heavy atom. The van der Waals surface area contributed by atoms with Gasteiger partial charge >= 0.3 is 0 Å². The number of amides is 3. The molecule has 2 aromatic carbocycles. The zero-order chi connectivity index (χ0) is 20.3. The molecule has 1 saturated carbocycles. The third-order valence-corrected chi connectivity index (χ3v) is 5.01. The zero-order valence-electron chi connectivity index (χ0n) is 15.8. The van der Waals surface area contributed by atoms with Crippen molar-refractivity contribution in [1.29, 1.82) is 0 Å². The molecule has 1 aliphatic rings. The summed E-state index contributed by atoms with van der Waals surface area (Å²) < 4.78 is 0.934. The Kier molecular flexibility index (Phi) is 6.14. The van der Waals surface area contributed by atoms with Gasteiger partial charge < -0.3 is 15.5 Å². The first-order valence-corrected chi connectivity index (χ1v) is 9.85. The van der Waals surface area contributed by atoms with Gasteiger partial charge in [-0.2, -0.15) is 0 Å². The maximum absolute atomic E-state index is 12.7. The number of anilines is 2. The average Bonchev–Trinajstić information content (AvgIpc) is 3.49. The lowest BCUT2D eigenvalue weighted by molar-refractivity contribution is -0.117. The Morgan fingerprint density at radius 1 is 1.11 bits per heavy atom. The number of rotatable bonds is 6. The summed E-state index contributed by atoms with van der Waals surface area (Å²) in [5.74, 6) is -0.486. The lowest BCUT2D eigenvalue weighted by Crippen LogP contribution is -2.35. The number of nitrogens with zero attached hydrogens (tertiary/aromatic N) is 1. The van der Waals surface area contributed by atoms with Crippen LogP contribution in [0.1, 0.15) is 28.8 Å². The molecule has 3 rings (SSSR count). The SMILES string of the molecule is Cc1cc(Br)ccc1NC(=O)CN(C)C(=O)c1cccc(NC(=O)C2CC2)c1. The summed E-state index contributed by atoms with van der Waals surface area (Å²) in [6.07, 6.45) is 1.83. The van der Waals surface area contributed by atoms with E-state index in [9.17, 15) is 14.4 Å². The van der Waals surface area contributed by atoms with Crippen LogP contribution in [0.15, 0.2) is 46.9 Å². The Labute approximate surface area is 172 Å². The van der Waals surface area contributed by atoms with Crippen LogP contribution < -0.4 is 10.6 Å². The molecule has 0 bridgehead atoms. The fourth-order valence-corrected chi connectivity index (χ4v) is 3.26. The fourth-order valence-electron chi connectivity index (χ4n) is 2.78. The van der Waals surface area contributed by atoms with Crippen LogP contribution in [-0.2, 0) is 9.59 Å². The third kappa shape index (κ3) is 5.19. The Morgan fingerprint density at radius 3 is 2.54 bits per heavy atom. The largest absolute Gasteiger partial charge is 0.332 e. The topological polar surface area (TPSA) is 78.5 Å². The van der Waals surface area contributed by atoms with Crippen molar-refractivity contribution in [3.63, 3.8) is 0 Å². The van der Waals surface area contributed by atoms with Crippen molar-refractivity contribution in [2.24, 2.45) is 5.92 Å². The van der Waals surface area contributed by atoms with E-state index in [0.717, 1.165) is 22.9 Å². The molecule has 0 unspecified atom stereocenters. The van der Waals surface area contributed by atoms with Crippen molar-refractivity contribution < 1.29 is 14.4 Å². The lowest BCUT2D eigenvalue weighted by Gasteiger charge is -2.18. The van der Waals surface area contributed by atoms with E-state index >= 15 is 0 Å². The van der Waals surface area contributed by atoms with Gasteiger partial charge in [-0.05, 0) is 61.7 Å². The van der Waals surface area contributed by atoms with Crippen LogP contribution >= 0.6 is 15.9 Å². The number of benzene rings is 2. The summed E-state index contributed by atoms with van der Waals surface area (Å²) in [6.45, 7) is 1.82. The highest BCUT2D eigenvalue weighted by molar-refractivity contribution is 9.10. The maximum atomic E-state index is 12.7. The van der Waals surface area contributed by atoms with E-state index in [4.69, 9.17) is 0 Å². The van der Waals surface area contributed by atoms with E-state index in [0.29, 0.717) is 16.9 Å². The summed E-state index contributed by atoms with van der Waals surface area (Å²) >= 11 is 3.39. The molecule has 7 heteroatoms. The van der Waals surface area contributed by atoms with Gasteiger partial charge in [-0.15, -0.1) is 0 Å². The second-order valence-corrected chi connectivity index (χ2v) is 7.93. The maximum Gasteiger partial charge on any atom is 0.254 e. The summed E-state index contributed by atoms with van der Waals surface area (Å²) in [7, 11) is 1.58. The number of carbonyl (C=O) groups excluding carboxylic acids is 3. The molecule has 0 radical (unpaired) electrons. The Balaban J connectivity index is 1.60. The molecule has 2 aromatic rings. The van der Waals surface area contributed by atoms with Crippen LogP contribution in [0.3, 0.4) is 0 Å². The van der Waals surface area contributed by atoms with E-state index < -0.39 is 0 Å². The molecule has 28 heavy (non-hydrogen) atoms. The Bertz CT molecular complexity index is 925. The summed E-state index contributed by atoms with van der Waals surface area (Å²) in [4.78, 5) is 38.2. The second kappa shape index (κ2) is 8.56. The van der Waals surface area contributed by atoms with Gasteiger partial charge in [-0.3, -0.25) is 14.4 Å². The van der Waals surface area contributed by atoms with E-state index in [1.165, 1.54) is 4.90 Å². The van der Waals surface area contributed by atoms with Crippen molar-refractivity contribution in [2.75, 3.05) is 24.2 Å². The lowest BCUT2D eigenvalue weighted by atomic mass is 10.1. The van der Waals surface area contributed by atoms with Gasteiger partial charge in [-0.25, -0.2) is 0 Å². The minimum absolute atomic E-state index is 0.0119. The normalized spacial score (nSPS) is 13.0. The molecule has 0 saturated heterocycles. The highest BCUT2D eigenvalue weighted by atomic mass is 79.9. The van der Waals surface area contributed by atoms with Crippen LogP contribution in [0.25, 0.3) is 0 Å². The molecule has 0 spiro atoms. The van der Waals surface area contributed by atoms with Crippen LogP contribution in [-0.4, -0.2) is 36.2 Å². The molecule has 1 fully saturated rings. The van der Waals surface area contributed by atoms with E-state index in [1.807, 2.05) is 25.1 Å². The number of carbonyl (C=O) groups is 3. The molecule has 0 aliphatic heterocycles. The number of likely N-dealkylation sites (N-methyl/N-ethyl adjacent to an activating group) is 1. The molecule has 0 heterocycles. The fraction of sp³-hybridized carbons (Fsp3) is 0.286. The first-order valence-electron chi connectivity index (χ1n) is 9.06. The third-order valence-electron chi connectivity index (χ3n) is 4.52. The van der Waals surface area contributed by atoms with Gasteiger partial charge in [0.2, 0.25) is 11.8 Å². The van der Waals surface area contributed by atoms with Crippen LogP contribution in [0, 0.1) is 12.8 Å². The molecule has 2 N–H and O–H groups in total. The van der Waals surface area contributed by atoms with Gasteiger partial charge in [0.1, 0.15) is 0 Å². The van der Waals surface area contributed by atoms with E-state index in [2.05, 4.69) is 26.6 Å². The minimum Gasteiger partial charge on any atom is -0.332 e. The summed E-state index contributed by atoms with van der Waals surface area (Å²) in [5, 5.41) is 5.65. The predicted molar refractivity (Wildman–Crippen MR) is 112 cm³/mol. The highest BCUT2D eigenvalue weighted by Gasteiger charge is 2.29. The monoisotopic (exact) mass is 443 g/mol. The number of hydrogen-bond acceptors (Lipinski definition) is 3. The van der Waals surface area contributed by atoms with Gasteiger partial charge in [0.05, 0.1) is 6.54 Å². The van der Waals surface area contributed by atoms with Gasteiger partial charge in [0.25, 0.3) is 5.91 Å². The molecule has 3 amide bonds. The van der Waals surface area contributed by atoms with Crippen molar-refractivity contribution in [3.05, 3.63) is 58.1 Å². The Hall–Kier alpha value is -2.67. The number of aryl methyl sites for hydroxylation is 1. The first-order chi connectivity index (χ1) is 13.3. The quantitative estimate of drug-likeness (QED) is 0.711. The minimum atomic E-state index is -0.287. The van der Waals surface area contributed by atoms with Crippen molar-refractivity contribution in [2.45, 2.75) is 19.8 Å². The van der Waals surface area contributed by atoms with Crippen LogP contribution in [0.4, 0.5) is 11.4 Å². The first kappa shape index (κ1) is 20.1. The van der Waals surface area contributed by atoms with Gasteiger partial charge in [-0.1, -0.05) is 22.0 Å². The molecular formula is C21H22BrN3O3. The van der Waals surface area contributed by atoms with Crippen molar-refractivity contribution in [3.8, 4) is 0 Å². The summed E-state index contributed by atoms with van der Waals surface area (Å²) in [6, 6.07) is 12.3. The standard InChI is InChI=1S/C21H22BrN3O3/c1-13-10-16(22)8-9-18(13)24-19(26)12-25(2)21(28)15-4-3-5-17(11-15)23-20(27)14-6-7-14/h3-5,8-11,14H,6-7,12H2,1-2H3,(H,23,27)(H,24,26). The molecule has 0 atom stereocenters. The predicted octanol–water partition coefficient (Wildman–Crippen LogP) is 3.82. The molecular weight excluding hydrogens is 422 g/mol. The van der Waals surface area contributed by atoms with Crippen LogP contribution in [0.2, 0.25) is 0 Å². The molecule has 6 nitrogen and oxygen atoms in total. The molecule has 0 aromatic heterocycles. The second-order valence-electron chi connectivity index (χ2n) is 7.01. The van der Waals surface area contributed by atoms with Gasteiger partial charge in [0.15, 0.2) is 0 Å². The number of nitrogens with one attached hydrogen (secondary N) is 2. The number of hydrogen-bond donors (Lipinski definition) is 2. The zero-order valence-corrected chi connectivity index (χ0v) is 17.4. The average molecular weight is 444 g/mol. The molecule has 146 valence electrons. The smallest absolute Gasteiger partial charge is 0.254 e. The van der Waals surface area contributed by atoms with Gasteiger partial charge in [0, 0.05) is 34.4 Å². The van der Waals surface area contributed by atoms with Crippen LogP contribution in [0.5, 0.6) is 0 Å². The van der Waals surface area contributed by atoms with E-state index in [1.54, 1.807) is 31.3 Å². The van der Waals surface area contributed by atoms with E-state index in [-0.39, 0.29) is 30.2 Å². The molecule has 1 aliphatic carbocycles.